The van der Waals surface area contributed by atoms with Gasteiger partial charge in [0, 0.05) is 12.2 Å². The molecule has 0 saturated carbocycles. The highest BCUT2D eigenvalue weighted by atomic mass is 32.2. The van der Waals surface area contributed by atoms with Crippen LogP contribution < -0.4 is 5.32 Å². The van der Waals surface area contributed by atoms with Crippen LogP contribution in [0.3, 0.4) is 0 Å². The Bertz CT molecular complexity index is 1000. The van der Waals surface area contributed by atoms with Gasteiger partial charge in [-0.25, -0.2) is 4.98 Å². The molecule has 0 aliphatic heterocycles. The standard InChI is InChI=1S/C21H22N4OS/c1-14(2)13-25-19-10-5-4-9-18(19)24-21(25)27-15(3)20(26)23-17-8-6-7-16(11-17)12-22/h4-11,14-15H,13H2,1-3H3,(H,23,26)/t15-/m0/s1. The molecular formula is C21H22N4OS. The van der Waals surface area contributed by atoms with Crippen molar-refractivity contribution in [2.24, 2.45) is 5.92 Å². The SMILES string of the molecule is CC(C)Cn1c(S[C@@H](C)C(=O)Nc2cccc(C#N)c2)nc2ccccc21. The molecule has 0 radical (unpaired) electrons. The number of nitriles is 1. The fraction of sp³-hybridized carbons (Fsp3) is 0.286. The third-order valence-corrected chi connectivity index (χ3v) is 5.17. The molecule has 1 amide bonds. The number of hydrogen-bond donors (Lipinski definition) is 1. The van der Waals surface area contributed by atoms with Gasteiger partial charge < -0.3 is 9.88 Å². The number of benzene rings is 2. The zero-order valence-electron chi connectivity index (χ0n) is 15.6. The Morgan fingerprint density at radius 3 is 2.74 bits per heavy atom. The Hall–Kier alpha value is -2.78. The number of nitrogens with one attached hydrogen (secondary N) is 1. The van der Waals surface area contributed by atoms with Crippen molar-refractivity contribution >= 4 is 34.4 Å². The molecule has 0 unspecified atom stereocenters. The molecule has 1 aromatic heterocycles. The van der Waals surface area contributed by atoms with Crippen LogP contribution in [0.1, 0.15) is 26.3 Å². The summed E-state index contributed by atoms with van der Waals surface area (Å²) in [4.78, 5) is 17.3. The van der Waals surface area contributed by atoms with Crippen LogP contribution in [0.25, 0.3) is 11.0 Å². The molecule has 3 aromatic rings. The quantitative estimate of drug-likeness (QED) is 0.632. The Balaban J connectivity index is 1.79. The van der Waals surface area contributed by atoms with Crippen molar-refractivity contribution in [2.45, 2.75) is 37.7 Å². The van der Waals surface area contributed by atoms with Gasteiger partial charge in [0.15, 0.2) is 5.16 Å². The van der Waals surface area contributed by atoms with E-state index in [4.69, 9.17) is 10.2 Å². The highest BCUT2D eigenvalue weighted by molar-refractivity contribution is 8.00. The van der Waals surface area contributed by atoms with Crippen molar-refractivity contribution in [1.29, 1.82) is 5.26 Å². The van der Waals surface area contributed by atoms with Crippen LogP contribution in [0.5, 0.6) is 0 Å². The van der Waals surface area contributed by atoms with Gasteiger partial charge in [-0.3, -0.25) is 4.79 Å². The monoisotopic (exact) mass is 378 g/mol. The van der Waals surface area contributed by atoms with E-state index in [1.54, 1.807) is 24.3 Å². The van der Waals surface area contributed by atoms with Crippen LogP contribution >= 0.6 is 11.8 Å². The van der Waals surface area contributed by atoms with E-state index >= 15 is 0 Å². The first-order valence-electron chi connectivity index (χ1n) is 8.91. The molecule has 3 rings (SSSR count). The van der Waals surface area contributed by atoms with Crippen LogP contribution in [0.15, 0.2) is 53.7 Å². The smallest absolute Gasteiger partial charge is 0.237 e. The average Bonchev–Trinajstić information content (AvgIpc) is 2.98. The molecule has 1 N–H and O–H groups in total. The number of carbonyl (C=O) groups excluding carboxylic acids is 1. The summed E-state index contributed by atoms with van der Waals surface area (Å²) in [6, 6.07) is 17.0. The van der Waals surface area contributed by atoms with E-state index in [1.807, 2.05) is 25.1 Å². The second-order valence-electron chi connectivity index (χ2n) is 6.83. The number of para-hydroxylation sites is 2. The van der Waals surface area contributed by atoms with Gasteiger partial charge in [-0.15, -0.1) is 0 Å². The molecule has 5 nitrogen and oxygen atoms in total. The predicted molar refractivity (Wildman–Crippen MR) is 110 cm³/mol. The third kappa shape index (κ3) is 4.50. The number of fused-ring (bicyclic) bond motifs is 1. The van der Waals surface area contributed by atoms with E-state index in [-0.39, 0.29) is 11.2 Å². The maximum Gasteiger partial charge on any atom is 0.237 e. The van der Waals surface area contributed by atoms with Gasteiger partial charge in [-0.05, 0) is 43.2 Å². The number of carbonyl (C=O) groups is 1. The predicted octanol–water partition coefficient (Wildman–Crippen LogP) is 4.68. The van der Waals surface area contributed by atoms with Crippen LogP contribution in [-0.4, -0.2) is 20.7 Å². The molecule has 0 spiro atoms. The molecule has 0 fully saturated rings. The summed E-state index contributed by atoms with van der Waals surface area (Å²) in [6.07, 6.45) is 0. The largest absolute Gasteiger partial charge is 0.325 e. The van der Waals surface area contributed by atoms with Gasteiger partial charge in [-0.1, -0.05) is 43.8 Å². The van der Waals surface area contributed by atoms with Gasteiger partial charge in [0.2, 0.25) is 5.91 Å². The normalized spacial score (nSPS) is 12.1. The topological polar surface area (TPSA) is 70.7 Å². The van der Waals surface area contributed by atoms with Crippen LogP contribution in [0.2, 0.25) is 0 Å². The molecule has 2 aromatic carbocycles. The number of rotatable bonds is 6. The van der Waals surface area contributed by atoms with E-state index in [0.717, 1.165) is 22.7 Å². The average molecular weight is 379 g/mol. The van der Waals surface area contributed by atoms with Gasteiger partial charge in [-0.2, -0.15) is 5.26 Å². The molecule has 0 bridgehead atoms. The van der Waals surface area contributed by atoms with Crippen molar-refractivity contribution < 1.29 is 4.79 Å². The summed E-state index contributed by atoms with van der Waals surface area (Å²) < 4.78 is 2.19. The van der Waals surface area contributed by atoms with E-state index in [2.05, 4.69) is 35.9 Å². The van der Waals surface area contributed by atoms with Crippen LogP contribution in [-0.2, 0) is 11.3 Å². The van der Waals surface area contributed by atoms with Crippen molar-refractivity contribution in [3.8, 4) is 6.07 Å². The fourth-order valence-corrected chi connectivity index (χ4v) is 3.74. The van der Waals surface area contributed by atoms with Crippen LogP contribution in [0, 0.1) is 17.2 Å². The lowest BCUT2D eigenvalue weighted by Crippen LogP contribution is -2.23. The van der Waals surface area contributed by atoms with Crippen molar-refractivity contribution in [3.63, 3.8) is 0 Å². The zero-order valence-corrected chi connectivity index (χ0v) is 16.5. The van der Waals surface area contributed by atoms with Crippen molar-refractivity contribution in [1.82, 2.24) is 9.55 Å². The summed E-state index contributed by atoms with van der Waals surface area (Å²) in [5.74, 6) is 0.359. The lowest BCUT2D eigenvalue weighted by Gasteiger charge is -2.15. The fourth-order valence-electron chi connectivity index (χ4n) is 2.81. The van der Waals surface area contributed by atoms with Crippen molar-refractivity contribution in [3.05, 3.63) is 54.1 Å². The molecule has 27 heavy (non-hydrogen) atoms. The number of aromatic nitrogens is 2. The summed E-state index contributed by atoms with van der Waals surface area (Å²) >= 11 is 1.45. The molecule has 1 heterocycles. The summed E-state index contributed by atoms with van der Waals surface area (Å²) in [7, 11) is 0. The van der Waals surface area contributed by atoms with E-state index in [9.17, 15) is 4.79 Å². The molecule has 0 aliphatic rings. The van der Waals surface area contributed by atoms with Gasteiger partial charge >= 0.3 is 0 Å². The second-order valence-corrected chi connectivity index (χ2v) is 8.14. The molecule has 0 aliphatic carbocycles. The minimum Gasteiger partial charge on any atom is -0.325 e. The van der Waals surface area contributed by atoms with Gasteiger partial charge in [0.1, 0.15) is 0 Å². The number of thioether (sulfide) groups is 1. The Morgan fingerprint density at radius 2 is 2.00 bits per heavy atom. The second kappa shape index (κ2) is 8.28. The van der Waals surface area contributed by atoms with E-state index in [1.165, 1.54) is 11.8 Å². The number of nitrogens with zero attached hydrogens (tertiary/aromatic N) is 3. The van der Waals surface area contributed by atoms with Crippen LogP contribution in [0.4, 0.5) is 5.69 Å². The zero-order chi connectivity index (χ0) is 19.4. The summed E-state index contributed by atoms with van der Waals surface area (Å²) in [6.45, 7) is 7.05. The maximum absolute atomic E-state index is 12.6. The maximum atomic E-state index is 12.6. The number of amides is 1. The van der Waals surface area contributed by atoms with E-state index < -0.39 is 0 Å². The first-order valence-corrected chi connectivity index (χ1v) is 9.79. The molecule has 6 heteroatoms. The van der Waals surface area contributed by atoms with E-state index in [0.29, 0.717) is 17.2 Å². The number of imidazole rings is 1. The Labute approximate surface area is 163 Å². The first-order chi connectivity index (χ1) is 13.0. The highest BCUT2D eigenvalue weighted by Crippen LogP contribution is 2.28. The summed E-state index contributed by atoms with van der Waals surface area (Å²) in [5, 5.41) is 12.4. The van der Waals surface area contributed by atoms with Gasteiger partial charge in [0.25, 0.3) is 0 Å². The first kappa shape index (κ1) is 19.0. The van der Waals surface area contributed by atoms with Gasteiger partial charge in [0.05, 0.1) is 27.9 Å². The molecule has 1 atom stereocenters. The minimum absolute atomic E-state index is 0.113. The molecular weight excluding hydrogens is 356 g/mol. The lowest BCUT2D eigenvalue weighted by atomic mass is 10.2. The highest BCUT2D eigenvalue weighted by Gasteiger charge is 2.20. The third-order valence-electron chi connectivity index (χ3n) is 4.08. The minimum atomic E-state index is -0.321. The number of anilines is 1. The number of hydrogen-bond acceptors (Lipinski definition) is 4. The summed E-state index contributed by atoms with van der Waals surface area (Å²) in [5.41, 5.74) is 3.17. The Kier molecular flexibility index (Phi) is 5.82. The molecule has 0 saturated heterocycles. The Morgan fingerprint density at radius 1 is 1.22 bits per heavy atom. The lowest BCUT2D eigenvalue weighted by molar-refractivity contribution is -0.115. The molecule has 138 valence electrons. The van der Waals surface area contributed by atoms with Crippen molar-refractivity contribution in [2.75, 3.05) is 5.32 Å².